The highest BCUT2D eigenvalue weighted by Gasteiger charge is 2.08. The molecule has 0 aliphatic rings. The zero-order chi connectivity index (χ0) is 17.8. The number of hydrogen-bond acceptors (Lipinski definition) is 6. The Morgan fingerprint density at radius 3 is 2.77 bits per heavy atom. The van der Waals surface area contributed by atoms with Gasteiger partial charge >= 0.3 is 0 Å². The van der Waals surface area contributed by atoms with Gasteiger partial charge in [-0.25, -0.2) is 0 Å². The zero-order valence-electron chi connectivity index (χ0n) is 13.8. The standard InChI is InChI=1S/C18H16ClN7/c19-13-4-3-6-14(10-13)22-16-7-8-17-23-24-18(26(17)25-16)12-20-11-15-5-1-2-9-21-15/h1-10,20H,11-12H2,(H,22,25). The Morgan fingerprint density at radius 2 is 1.92 bits per heavy atom. The Bertz CT molecular complexity index is 1020. The number of anilines is 2. The van der Waals surface area contributed by atoms with Crippen molar-refractivity contribution in [2.24, 2.45) is 0 Å². The summed E-state index contributed by atoms with van der Waals surface area (Å²) in [4.78, 5) is 4.29. The highest BCUT2D eigenvalue weighted by atomic mass is 35.5. The SMILES string of the molecule is Clc1cccc(Nc2ccc3nnc(CNCc4ccccn4)n3n2)c1. The van der Waals surface area contributed by atoms with Gasteiger partial charge in [0.2, 0.25) is 0 Å². The molecule has 4 aromatic rings. The van der Waals surface area contributed by atoms with Gasteiger partial charge in [-0.1, -0.05) is 23.7 Å². The molecular formula is C18H16ClN7. The van der Waals surface area contributed by atoms with Crippen LogP contribution in [0, 0.1) is 0 Å². The van der Waals surface area contributed by atoms with Gasteiger partial charge in [0.25, 0.3) is 0 Å². The summed E-state index contributed by atoms with van der Waals surface area (Å²) in [5.74, 6) is 1.41. The summed E-state index contributed by atoms with van der Waals surface area (Å²) in [5.41, 5.74) is 2.53. The second-order valence-electron chi connectivity index (χ2n) is 5.66. The van der Waals surface area contributed by atoms with Gasteiger partial charge in [-0.15, -0.1) is 15.3 Å². The van der Waals surface area contributed by atoms with Crippen LogP contribution in [0.15, 0.2) is 60.8 Å². The summed E-state index contributed by atoms with van der Waals surface area (Å²) >= 11 is 6.02. The van der Waals surface area contributed by atoms with Crippen LogP contribution in [0.25, 0.3) is 5.65 Å². The molecule has 0 aliphatic carbocycles. The molecule has 0 unspecified atom stereocenters. The number of aromatic nitrogens is 5. The van der Waals surface area contributed by atoms with Crippen LogP contribution in [0.2, 0.25) is 5.02 Å². The van der Waals surface area contributed by atoms with Gasteiger partial charge < -0.3 is 10.6 Å². The van der Waals surface area contributed by atoms with E-state index in [0.717, 1.165) is 17.2 Å². The van der Waals surface area contributed by atoms with E-state index < -0.39 is 0 Å². The molecule has 1 aromatic carbocycles. The van der Waals surface area contributed by atoms with E-state index in [9.17, 15) is 0 Å². The van der Waals surface area contributed by atoms with Crippen molar-refractivity contribution in [2.45, 2.75) is 13.1 Å². The smallest absolute Gasteiger partial charge is 0.178 e. The van der Waals surface area contributed by atoms with E-state index >= 15 is 0 Å². The molecule has 4 rings (SSSR count). The summed E-state index contributed by atoms with van der Waals surface area (Å²) in [5, 5.41) is 20.1. The maximum absolute atomic E-state index is 6.02. The predicted octanol–water partition coefficient (Wildman–Crippen LogP) is 3.21. The average molecular weight is 366 g/mol. The number of hydrogen-bond donors (Lipinski definition) is 2. The Hall–Kier alpha value is -3.03. The third-order valence-corrected chi connectivity index (χ3v) is 3.97. The summed E-state index contributed by atoms with van der Waals surface area (Å²) in [6.07, 6.45) is 1.78. The van der Waals surface area contributed by atoms with E-state index in [4.69, 9.17) is 11.6 Å². The van der Waals surface area contributed by atoms with Crippen LogP contribution in [-0.4, -0.2) is 24.8 Å². The maximum atomic E-state index is 6.02. The Balaban J connectivity index is 1.49. The van der Waals surface area contributed by atoms with E-state index in [1.165, 1.54) is 0 Å². The first kappa shape index (κ1) is 16.4. The highest BCUT2D eigenvalue weighted by molar-refractivity contribution is 6.30. The Morgan fingerprint density at radius 1 is 0.962 bits per heavy atom. The van der Waals surface area contributed by atoms with Crippen molar-refractivity contribution in [3.05, 3.63) is 77.3 Å². The van der Waals surface area contributed by atoms with Crippen LogP contribution in [-0.2, 0) is 13.1 Å². The van der Waals surface area contributed by atoms with Crippen LogP contribution >= 0.6 is 11.6 Å². The van der Waals surface area contributed by atoms with Crippen LogP contribution in [0.3, 0.4) is 0 Å². The topological polar surface area (TPSA) is 80.0 Å². The fourth-order valence-corrected chi connectivity index (χ4v) is 2.72. The number of halogens is 1. The summed E-state index contributed by atoms with van der Waals surface area (Å²) in [6.45, 7) is 1.18. The first-order chi connectivity index (χ1) is 12.8. The second kappa shape index (κ2) is 7.47. The predicted molar refractivity (Wildman–Crippen MR) is 100 cm³/mol. The number of benzene rings is 1. The Labute approximate surface area is 155 Å². The van der Waals surface area contributed by atoms with Gasteiger partial charge in [-0.2, -0.15) is 4.52 Å². The van der Waals surface area contributed by atoms with Gasteiger partial charge in [0.1, 0.15) is 0 Å². The molecule has 0 saturated carbocycles. The Kier molecular flexibility index (Phi) is 4.72. The van der Waals surface area contributed by atoms with E-state index in [0.29, 0.717) is 29.6 Å². The quantitative estimate of drug-likeness (QED) is 0.546. The van der Waals surface area contributed by atoms with Crippen molar-refractivity contribution < 1.29 is 0 Å². The lowest BCUT2D eigenvalue weighted by Crippen LogP contribution is -2.16. The van der Waals surface area contributed by atoms with Gasteiger partial charge in [0.15, 0.2) is 17.3 Å². The van der Waals surface area contributed by atoms with Crippen molar-refractivity contribution in [3.8, 4) is 0 Å². The lowest BCUT2D eigenvalue weighted by molar-refractivity contribution is 0.635. The zero-order valence-corrected chi connectivity index (χ0v) is 14.6. The maximum Gasteiger partial charge on any atom is 0.178 e. The molecule has 0 fully saturated rings. The molecule has 3 heterocycles. The molecule has 26 heavy (non-hydrogen) atoms. The van der Waals surface area contributed by atoms with Crippen molar-refractivity contribution in [1.29, 1.82) is 0 Å². The van der Waals surface area contributed by atoms with Crippen molar-refractivity contribution in [2.75, 3.05) is 5.32 Å². The van der Waals surface area contributed by atoms with E-state index in [-0.39, 0.29) is 0 Å². The fourth-order valence-electron chi connectivity index (χ4n) is 2.53. The van der Waals surface area contributed by atoms with Gasteiger partial charge in [0, 0.05) is 23.5 Å². The first-order valence-electron chi connectivity index (χ1n) is 8.12. The van der Waals surface area contributed by atoms with E-state index in [2.05, 4.69) is 30.9 Å². The highest BCUT2D eigenvalue weighted by Crippen LogP contribution is 2.19. The molecule has 8 heteroatoms. The summed E-state index contributed by atoms with van der Waals surface area (Å²) in [7, 11) is 0. The number of nitrogens with one attached hydrogen (secondary N) is 2. The fraction of sp³-hybridized carbons (Fsp3) is 0.111. The van der Waals surface area contributed by atoms with Crippen LogP contribution in [0.5, 0.6) is 0 Å². The van der Waals surface area contributed by atoms with Crippen LogP contribution < -0.4 is 10.6 Å². The lowest BCUT2D eigenvalue weighted by Gasteiger charge is -2.07. The van der Waals surface area contributed by atoms with Crippen molar-refractivity contribution in [3.63, 3.8) is 0 Å². The minimum absolute atomic E-state index is 0.533. The number of fused-ring (bicyclic) bond motifs is 1. The number of rotatable bonds is 6. The van der Waals surface area contributed by atoms with Crippen molar-refractivity contribution >= 4 is 28.8 Å². The monoisotopic (exact) mass is 365 g/mol. The molecular weight excluding hydrogens is 350 g/mol. The first-order valence-corrected chi connectivity index (χ1v) is 8.50. The number of nitrogens with zero attached hydrogens (tertiary/aromatic N) is 5. The second-order valence-corrected chi connectivity index (χ2v) is 6.10. The summed E-state index contributed by atoms with van der Waals surface area (Å²) in [6, 6.07) is 17.0. The molecule has 0 saturated heterocycles. The molecule has 0 aliphatic heterocycles. The lowest BCUT2D eigenvalue weighted by atomic mass is 10.3. The molecule has 0 spiro atoms. The van der Waals surface area contributed by atoms with Crippen LogP contribution in [0.1, 0.15) is 11.5 Å². The van der Waals surface area contributed by atoms with Gasteiger partial charge in [-0.05, 0) is 42.5 Å². The molecule has 2 N–H and O–H groups in total. The average Bonchev–Trinajstić information content (AvgIpc) is 3.05. The van der Waals surface area contributed by atoms with Crippen molar-refractivity contribution in [1.82, 2.24) is 30.1 Å². The molecule has 0 atom stereocenters. The van der Waals surface area contributed by atoms with Gasteiger partial charge in [0.05, 0.1) is 12.2 Å². The normalized spacial score (nSPS) is 11.0. The molecule has 7 nitrogen and oxygen atoms in total. The van der Waals surface area contributed by atoms with Gasteiger partial charge in [-0.3, -0.25) is 4.98 Å². The third kappa shape index (κ3) is 3.79. The molecule has 0 amide bonds. The molecule has 0 radical (unpaired) electrons. The third-order valence-electron chi connectivity index (χ3n) is 3.74. The molecule has 3 aromatic heterocycles. The van der Waals surface area contributed by atoms with Crippen LogP contribution in [0.4, 0.5) is 11.5 Å². The number of pyridine rings is 1. The molecule has 130 valence electrons. The minimum Gasteiger partial charge on any atom is -0.339 e. The van der Waals surface area contributed by atoms with E-state index in [1.807, 2.05) is 54.6 Å². The van der Waals surface area contributed by atoms with E-state index in [1.54, 1.807) is 10.7 Å². The molecule has 0 bridgehead atoms. The minimum atomic E-state index is 0.533. The largest absolute Gasteiger partial charge is 0.339 e. The summed E-state index contributed by atoms with van der Waals surface area (Å²) < 4.78 is 1.72.